The van der Waals surface area contributed by atoms with E-state index in [1.165, 1.54) is 22.5 Å². The van der Waals surface area contributed by atoms with Crippen molar-refractivity contribution in [1.29, 1.82) is 0 Å². The van der Waals surface area contributed by atoms with Crippen molar-refractivity contribution >= 4 is 31.6 Å². The van der Waals surface area contributed by atoms with Crippen molar-refractivity contribution in [2.45, 2.75) is 11.4 Å². The zero-order valence-electron chi connectivity index (χ0n) is 13.1. The lowest BCUT2D eigenvalue weighted by Crippen LogP contribution is -2.30. The van der Waals surface area contributed by atoms with Gasteiger partial charge in [-0.15, -0.1) is 0 Å². The minimum absolute atomic E-state index is 0.0775. The van der Waals surface area contributed by atoms with Gasteiger partial charge in [0, 0.05) is 4.47 Å². The van der Waals surface area contributed by atoms with Gasteiger partial charge in [-0.25, -0.2) is 12.8 Å². The Kier molecular flexibility index (Phi) is 5.20. The molecule has 3 aromatic rings. The molecule has 0 aliphatic carbocycles. The number of sulfonamides is 1. The summed E-state index contributed by atoms with van der Waals surface area (Å²) in [7, 11) is -3.91. The van der Waals surface area contributed by atoms with Gasteiger partial charge < -0.3 is 0 Å². The first-order chi connectivity index (χ1) is 12.0. The first-order valence-corrected chi connectivity index (χ1v) is 9.78. The highest BCUT2D eigenvalue weighted by Crippen LogP contribution is 2.27. The van der Waals surface area contributed by atoms with E-state index in [0.717, 1.165) is 16.1 Å². The van der Waals surface area contributed by atoms with Crippen LogP contribution in [-0.2, 0) is 16.6 Å². The third-order valence-electron chi connectivity index (χ3n) is 3.67. The minimum atomic E-state index is -3.91. The molecular weight excluding hydrogens is 405 g/mol. The number of anilines is 1. The van der Waals surface area contributed by atoms with Gasteiger partial charge in [0.2, 0.25) is 0 Å². The molecular formula is C19H15BrFNO2S. The summed E-state index contributed by atoms with van der Waals surface area (Å²) in [5, 5.41) is 0. The van der Waals surface area contributed by atoms with E-state index in [9.17, 15) is 12.8 Å². The van der Waals surface area contributed by atoms with Crippen molar-refractivity contribution in [1.82, 2.24) is 0 Å². The Labute approximate surface area is 154 Å². The molecule has 0 aliphatic heterocycles. The molecule has 0 radical (unpaired) electrons. The van der Waals surface area contributed by atoms with Crippen LogP contribution in [0.2, 0.25) is 0 Å². The molecule has 0 aromatic heterocycles. The van der Waals surface area contributed by atoms with E-state index in [4.69, 9.17) is 0 Å². The average molecular weight is 420 g/mol. The standard InChI is InChI=1S/C19H15BrFNO2S/c20-16-9-11-18(12-10-16)22(14-15-5-2-1-3-6-15)25(23,24)19-8-4-7-17(21)13-19/h1-13H,14H2. The zero-order chi connectivity index (χ0) is 17.9. The predicted octanol–water partition coefficient (Wildman–Crippen LogP) is 4.98. The van der Waals surface area contributed by atoms with E-state index >= 15 is 0 Å². The molecule has 0 unspecified atom stereocenters. The topological polar surface area (TPSA) is 37.4 Å². The summed E-state index contributed by atoms with van der Waals surface area (Å²) >= 11 is 3.35. The van der Waals surface area contributed by atoms with E-state index < -0.39 is 15.8 Å². The fourth-order valence-electron chi connectivity index (χ4n) is 2.43. The molecule has 0 N–H and O–H groups in total. The third kappa shape index (κ3) is 4.08. The van der Waals surface area contributed by atoms with Crippen LogP contribution in [0.1, 0.15) is 5.56 Å². The first-order valence-electron chi connectivity index (χ1n) is 7.54. The van der Waals surface area contributed by atoms with Gasteiger partial charge in [0.25, 0.3) is 10.0 Å². The summed E-state index contributed by atoms with van der Waals surface area (Å²) in [6.45, 7) is 0.154. The highest BCUT2D eigenvalue weighted by molar-refractivity contribution is 9.10. The Hall–Kier alpha value is -2.18. The van der Waals surface area contributed by atoms with Crippen molar-refractivity contribution in [3.8, 4) is 0 Å². The van der Waals surface area contributed by atoms with E-state index in [1.54, 1.807) is 24.3 Å². The lowest BCUT2D eigenvalue weighted by atomic mass is 10.2. The fourth-order valence-corrected chi connectivity index (χ4v) is 4.18. The van der Waals surface area contributed by atoms with Crippen molar-refractivity contribution in [2.24, 2.45) is 0 Å². The van der Waals surface area contributed by atoms with Gasteiger partial charge >= 0.3 is 0 Å². The molecule has 25 heavy (non-hydrogen) atoms. The van der Waals surface area contributed by atoms with Crippen LogP contribution in [-0.4, -0.2) is 8.42 Å². The molecule has 3 rings (SSSR count). The number of rotatable bonds is 5. The molecule has 3 aromatic carbocycles. The van der Waals surface area contributed by atoms with Crippen molar-refractivity contribution in [3.05, 3.63) is 94.7 Å². The van der Waals surface area contributed by atoms with Crippen molar-refractivity contribution < 1.29 is 12.8 Å². The molecule has 6 heteroatoms. The smallest absolute Gasteiger partial charge is 0.262 e. The van der Waals surface area contributed by atoms with Crippen LogP contribution in [0.3, 0.4) is 0 Å². The minimum Gasteiger partial charge on any atom is -0.262 e. The molecule has 3 nitrogen and oxygen atoms in total. The molecule has 0 saturated carbocycles. The Morgan fingerprint density at radius 2 is 1.56 bits per heavy atom. The summed E-state index contributed by atoms with van der Waals surface area (Å²) in [4.78, 5) is -0.0775. The van der Waals surface area contributed by atoms with Gasteiger partial charge in [-0.1, -0.05) is 52.3 Å². The van der Waals surface area contributed by atoms with E-state index in [2.05, 4.69) is 15.9 Å². The Morgan fingerprint density at radius 3 is 2.20 bits per heavy atom. The Balaban J connectivity index is 2.08. The van der Waals surface area contributed by atoms with Gasteiger partial charge in [-0.2, -0.15) is 0 Å². The van der Waals surface area contributed by atoms with Crippen LogP contribution in [0.4, 0.5) is 10.1 Å². The lowest BCUT2D eigenvalue weighted by Gasteiger charge is -2.25. The second-order valence-corrected chi connectivity index (χ2v) is 8.21. The van der Waals surface area contributed by atoms with Crippen molar-refractivity contribution in [3.63, 3.8) is 0 Å². The quantitative estimate of drug-likeness (QED) is 0.584. The molecule has 0 amide bonds. The van der Waals surface area contributed by atoms with Crippen molar-refractivity contribution in [2.75, 3.05) is 4.31 Å². The van der Waals surface area contributed by atoms with Gasteiger partial charge in [0.1, 0.15) is 5.82 Å². The Bertz CT molecular complexity index is 960. The fraction of sp³-hybridized carbons (Fsp3) is 0.0526. The summed E-state index contributed by atoms with van der Waals surface area (Å²) in [5.74, 6) is -0.587. The molecule has 0 atom stereocenters. The number of benzene rings is 3. The summed E-state index contributed by atoms with van der Waals surface area (Å²) in [6, 6.07) is 21.3. The summed E-state index contributed by atoms with van der Waals surface area (Å²) < 4.78 is 41.9. The molecule has 128 valence electrons. The first kappa shape index (κ1) is 17.6. The second kappa shape index (κ2) is 7.37. The molecule has 0 fully saturated rings. The Morgan fingerprint density at radius 1 is 0.880 bits per heavy atom. The molecule has 0 heterocycles. The lowest BCUT2D eigenvalue weighted by molar-refractivity contribution is 0.586. The number of hydrogen-bond donors (Lipinski definition) is 0. The predicted molar refractivity (Wildman–Crippen MR) is 100 cm³/mol. The third-order valence-corrected chi connectivity index (χ3v) is 5.97. The van der Waals surface area contributed by atoms with E-state index in [1.807, 2.05) is 30.3 Å². The maximum absolute atomic E-state index is 13.6. The van der Waals surface area contributed by atoms with Crippen LogP contribution < -0.4 is 4.31 Å². The van der Waals surface area contributed by atoms with Crippen LogP contribution in [0, 0.1) is 5.82 Å². The zero-order valence-corrected chi connectivity index (χ0v) is 15.5. The van der Waals surface area contributed by atoms with E-state index in [-0.39, 0.29) is 11.4 Å². The number of halogens is 2. The summed E-state index contributed by atoms with van der Waals surface area (Å²) in [5.41, 5.74) is 1.35. The highest BCUT2D eigenvalue weighted by atomic mass is 79.9. The van der Waals surface area contributed by atoms with Gasteiger partial charge in [0.15, 0.2) is 0 Å². The summed E-state index contributed by atoms with van der Waals surface area (Å²) in [6.07, 6.45) is 0. The van der Waals surface area contributed by atoms with Crippen LogP contribution in [0.15, 0.2) is 88.2 Å². The molecule has 0 bridgehead atoms. The maximum Gasteiger partial charge on any atom is 0.264 e. The van der Waals surface area contributed by atoms with Gasteiger partial charge in [-0.3, -0.25) is 4.31 Å². The normalized spacial score (nSPS) is 11.3. The van der Waals surface area contributed by atoms with Crippen LogP contribution in [0.25, 0.3) is 0 Å². The maximum atomic E-state index is 13.6. The highest BCUT2D eigenvalue weighted by Gasteiger charge is 2.25. The van der Waals surface area contributed by atoms with E-state index in [0.29, 0.717) is 5.69 Å². The molecule has 0 aliphatic rings. The largest absolute Gasteiger partial charge is 0.264 e. The SMILES string of the molecule is O=S(=O)(c1cccc(F)c1)N(Cc1ccccc1)c1ccc(Br)cc1. The van der Waals surface area contributed by atoms with Gasteiger partial charge in [0.05, 0.1) is 17.1 Å². The second-order valence-electron chi connectivity index (χ2n) is 5.43. The molecule has 0 saturated heterocycles. The van der Waals surface area contributed by atoms with Crippen LogP contribution in [0.5, 0.6) is 0 Å². The monoisotopic (exact) mass is 419 g/mol. The van der Waals surface area contributed by atoms with Crippen LogP contribution >= 0.6 is 15.9 Å². The van der Waals surface area contributed by atoms with Gasteiger partial charge in [-0.05, 0) is 48.0 Å². The number of hydrogen-bond acceptors (Lipinski definition) is 2. The molecule has 0 spiro atoms. The number of nitrogens with zero attached hydrogens (tertiary/aromatic N) is 1. The average Bonchev–Trinajstić information content (AvgIpc) is 2.61.